The molecule has 0 unspecified atom stereocenters. The van der Waals surface area contributed by atoms with E-state index in [1.54, 1.807) is 16.6 Å². The van der Waals surface area contributed by atoms with Crippen LogP contribution in [0.5, 0.6) is 5.75 Å². The normalized spacial score (nSPS) is 11.0. The number of anilines is 1. The van der Waals surface area contributed by atoms with Gasteiger partial charge in [-0.1, -0.05) is 12.1 Å². The number of aromatic hydroxyl groups is 1. The molecule has 0 saturated heterocycles. The van der Waals surface area contributed by atoms with E-state index in [1.165, 1.54) is 6.33 Å². The number of aryl methyl sites for hydroxylation is 1. The van der Waals surface area contributed by atoms with Crippen LogP contribution >= 0.6 is 0 Å². The minimum Gasteiger partial charge on any atom is -0.508 e. The van der Waals surface area contributed by atoms with Crippen molar-refractivity contribution >= 4 is 11.6 Å². The van der Waals surface area contributed by atoms with Crippen molar-refractivity contribution in [3.05, 3.63) is 47.4 Å². The van der Waals surface area contributed by atoms with Crippen molar-refractivity contribution in [3.8, 4) is 5.75 Å². The van der Waals surface area contributed by atoms with Gasteiger partial charge in [0, 0.05) is 31.8 Å². The van der Waals surface area contributed by atoms with Crippen molar-refractivity contribution in [2.24, 2.45) is 0 Å². The first-order chi connectivity index (χ1) is 10.1. The third-order valence-electron chi connectivity index (χ3n) is 3.42. The summed E-state index contributed by atoms with van der Waals surface area (Å²) in [6.45, 7) is 1.97. The average molecular weight is 283 g/mol. The molecule has 0 aliphatic carbocycles. The van der Waals surface area contributed by atoms with Gasteiger partial charge in [0.15, 0.2) is 0 Å². The standard InChI is InChI=1S/C15H17N5O/c1-10-13(8-11-5-4-6-12(21)7-11)14(19(2)3)20-15(18-10)16-9-17-20/h4-7,9,21H,8H2,1-3H3. The molecule has 0 saturated carbocycles. The second-order valence-corrected chi connectivity index (χ2v) is 5.21. The lowest BCUT2D eigenvalue weighted by Gasteiger charge is -2.19. The number of benzene rings is 1. The Hall–Kier alpha value is -2.63. The smallest absolute Gasteiger partial charge is 0.254 e. The second kappa shape index (κ2) is 5.05. The number of fused-ring (bicyclic) bond motifs is 1. The molecule has 108 valence electrons. The highest BCUT2D eigenvalue weighted by Crippen LogP contribution is 2.25. The van der Waals surface area contributed by atoms with E-state index in [2.05, 4.69) is 15.1 Å². The van der Waals surface area contributed by atoms with Crippen LogP contribution in [0.1, 0.15) is 16.8 Å². The van der Waals surface area contributed by atoms with E-state index in [0.29, 0.717) is 12.2 Å². The summed E-state index contributed by atoms with van der Waals surface area (Å²) < 4.78 is 1.74. The highest BCUT2D eigenvalue weighted by atomic mass is 16.3. The van der Waals surface area contributed by atoms with Gasteiger partial charge in [0.05, 0.1) is 0 Å². The molecule has 1 aromatic carbocycles. The van der Waals surface area contributed by atoms with E-state index in [-0.39, 0.29) is 5.75 Å². The summed E-state index contributed by atoms with van der Waals surface area (Å²) in [5, 5.41) is 13.9. The molecule has 6 nitrogen and oxygen atoms in total. The predicted molar refractivity (Wildman–Crippen MR) is 80.8 cm³/mol. The molecule has 2 aromatic heterocycles. The molecule has 0 fully saturated rings. The number of aromatic nitrogens is 4. The van der Waals surface area contributed by atoms with Crippen LogP contribution in [-0.2, 0) is 6.42 Å². The molecular formula is C15H17N5O. The van der Waals surface area contributed by atoms with Gasteiger partial charge in [0.25, 0.3) is 5.78 Å². The first-order valence-electron chi connectivity index (χ1n) is 6.70. The number of hydrogen-bond donors (Lipinski definition) is 1. The van der Waals surface area contributed by atoms with E-state index in [0.717, 1.165) is 22.6 Å². The molecular weight excluding hydrogens is 266 g/mol. The monoisotopic (exact) mass is 283 g/mol. The second-order valence-electron chi connectivity index (χ2n) is 5.21. The molecule has 2 heterocycles. The first-order valence-corrected chi connectivity index (χ1v) is 6.70. The minimum absolute atomic E-state index is 0.270. The summed E-state index contributed by atoms with van der Waals surface area (Å²) >= 11 is 0. The van der Waals surface area contributed by atoms with Crippen LogP contribution in [0.3, 0.4) is 0 Å². The van der Waals surface area contributed by atoms with Gasteiger partial charge in [-0.05, 0) is 24.6 Å². The lowest BCUT2D eigenvalue weighted by molar-refractivity contribution is 0.474. The van der Waals surface area contributed by atoms with Crippen molar-refractivity contribution in [2.75, 3.05) is 19.0 Å². The maximum atomic E-state index is 9.62. The number of nitrogens with zero attached hydrogens (tertiary/aromatic N) is 5. The SMILES string of the molecule is Cc1nc2ncnn2c(N(C)C)c1Cc1cccc(O)c1. The van der Waals surface area contributed by atoms with Gasteiger partial charge < -0.3 is 10.0 Å². The Balaban J connectivity index is 2.16. The van der Waals surface area contributed by atoms with Gasteiger partial charge in [0.1, 0.15) is 17.9 Å². The Morgan fingerprint density at radius 1 is 1.29 bits per heavy atom. The molecule has 0 amide bonds. The molecule has 0 atom stereocenters. The Morgan fingerprint density at radius 2 is 2.10 bits per heavy atom. The summed E-state index contributed by atoms with van der Waals surface area (Å²) in [5.74, 6) is 1.82. The van der Waals surface area contributed by atoms with Crippen molar-refractivity contribution in [1.82, 2.24) is 19.6 Å². The fourth-order valence-electron chi connectivity index (χ4n) is 2.51. The van der Waals surface area contributed by atoms with Crippen molar-refractivity contribution in [1.29, 1.82) is 0 Å². The van der Waals surface area contributed by atoms with Crippen LogP contribution in [0.4, 0.5) is 5.82 Å². The van der Waals surface area contributed by atoms with Crippen LogP contribution in [0, 0.1) is 6.92 Å². The average Bonchev–Trinajstić information content (AvgIpc) is 2.86. The lowest BCUT2D eigenvalue weighted by Crippen LogP contribution is -2.18. The van der Waals surface area contributed by atoms with Crippen molar-refractivity contribution < 1.29 is 5.11 Å². The van der Waals surface area contributed by atoms with Crippen LogP contribution in [0.2, 0.25) is 0 Å². The number of hydrogen-bond acceptors (Lipinski definition) is 5. The third-order valence-corrected chi connectivity index (χ3v) is 3.42. The minimum atomic E-state index is 0.270. The van der Waals surface area contributed by atoms with Crippen LogP contribution < -0.4 is 4.90 Å². The summed E-state index contributed by atoms with van der Waals surface area (Å²) in [6.07, 6.45) is 2.18. The molecule has 0 aliphatic rings. The Bertz CT molecular complexity index is 794. The van der Waals surface area contributed by atoms with Gasteiger partial charge in [0.2, 0.25) is 0 Å². The summed E-state index contributed by atoms with van der Waals surface area (Å²) in [4.78, 5) is 10.7. The van der Waals surface area contributed by atoms with Gasteiger partial charge in [-0.2, -0.15) is 14.6 Å². The van der Waals surface area contributed by atoms with E-state index in [9.17, 15) is 5.11 Å². The Morgan fingerprint density at radius 3 is 2.81 bits per heavy atom. The highest BCUT2D eigenvalue weighted by molar-refractivity contribution is 5.55. The molecule has 0 spiro atoms. The molecule has 3 rings (SSSR count). The largest absolute Gasteiger partial charge is 0.508 e. The zero-order chi connectivity index (χ0) is 15.0. The molecule has 21 heavy (non-hydrogen) atoms. The van der Waals surface area contributed by atoms with E-state index >= 15 is 0 Å². The number of phenols is 1. The number of phenolic OH excluding ortho intramolecular Hbond substituents is 1. The molecule has 0 bridgehead atoms. The van der Waals surface area contributed by atoms with Gasteiger partial charge >= 0.3 is 0 Å². The maximum absolute atomic E-state index is 9.62. The topological polar surface area (TPSA) is 66.5 Å². The highest BCUT2D eigenvalue weighted by Gasteiger charge is 2.16. The fraction of sp³-hybridized carbons (Fsp3) is 0.267. The van der Waals surface area contributed by atoms with Crippen molar-refractivity contribution in [3.63, 3.8) is 0 Å². The fourth-order valence-corrected chi connectivity index (χ4v) is 2.51. The quantitative estimate of drug-likeness (QED) is 0.794. The molecule has 0 aliphatic heterocycles. The zero-order valence-corrected chi connectivity index (χ0v) is 12.3. The molecule has 3 aromatic rings. The lowest BCUT2D eigenvalue weighted by atomic mass is 10.0. The Kier molecular flexibility index (Phi) is 3.21. The van der Waals surface area contributed by atoms with Crippen molar-refractivity contribution in [2.45, 2.75) is 13.3 Å². The molecule has 6 heteroatoms. The Labute approximate surface area is 122 Å². The van der Waals surface area contributed by atoms with Gasteiger partial charge in [-0.3, -0.25) is 0 Å². The maximum Gasteiger partial charge on any atom is 0.254 e. The third kappa shape index (κ3) is 2.40. The summed E-state index contributed by atoms with van der Waals surface area (Å²) in [7, 11) is 3.95. The van der Waals surface area contributed by atoms with Gasteiger partial charge in [-0.25, -0.2) is 4.98 Å². The van der Waals surface area contributed by atoms with Crippen LogP contribution in [0.25, 0.3) is 5.78 Å². The van der Waals surface area contributed by atoms with Crippen LogP contribution in [-0.4, -0.2) is 38.8 Å². The zero-order valence-electron chi connectivity index (χ0n) is 12.3. The first kappa shape index (κ1) is 13.4. The van der Waals surface area contributed by atoms with Crippen LogP contribution in [0.15, 0.2) is 30.6 Å². The predicted octanol–water partition coefficient (Wildman–Crippen LogP) is 1.80. The summed E-state index contributed by atoms with van der Waals surface area (Å²) in [6, 6.07) is 7.27. The van der Waals surface area contributed by atoms with Gasteiger partial charge in [-0.15, -0.1) is 0 Å². The molecule has 1 N–H and O–H groups in total. The van der Waals surface area contributed by atoms with E-state index < -0.39 is 0 Å². The van der Waals surface area contributed by atoms with E-state index in [4.69, 9.17) is 0 Å². The molecule has 0 radical (unpaired) electrons. The summed E-state index contributed by atoms with van der Waals surface area (Å²) in [5.41, 5.74) is 3.02. The number of rotatable bonds is 3. The van der Waals surface area contributed by atoms with E-state index in [1.807, 2.05) is 38.1 Å².